The molecule has 142 valence electrons. The van der Waals surface area contributed by atoms with E-state index in [2.05, 4.69) is 43.2 Å². The summed E-state index contributed by atoms with van der Waals surface area (Å²) in [5, 5.41) is 16.6. The van der Waals surface area contributed by atoms with Gasteiger partial charge in [0.05, 0.1) is 17.6 Å². The first-order chi connectivity index (χ1) is 14.1. The fourth-order valence-corrected chi connectivity index (χ4v) is 4.19. The van der Waals surface area contributed by atoms with Gasteiger partial charge >= 0.3 is 0 Å². The predicted octanol–water partition coefficient (Wildman–Crippen LogP) is 4.46. The number of hydrogen-bond donors (Lipinski definition) is 1. The monoisotopic (exact) mass is 400 g/mol. The van der Waals surface area contributed by atoms with Gasteiger partial charge in [-0.2, -0.15) is 5.10 Å². The highest BCUT2D eigenvalue weighted by Crippen LogP contribution is 2.51. The molecular formula is C22H17ClN6. The van der Waals surface area contributed by atoms with Gasteiger partial charge in [0, 0.05) is 27.9 Å². The highest BCUT2D eigenvalue weighted by Gasteiger charge is 2.51. The summed E-state index contributed by atoms with van der Waals surface area (Å²) in [4.78, 5) is 5.26. The summed E-state index contributed by atoms with van der Waals surface area (Å²) in [5.41, 5.74) is 5.93. The van der Waals surface area contributed by atoms with E-state index >= 15 is 0 Å². The van der Waals surface area contributed by atoms with E-state index in [4.69, 9.17) is 16.6 Å². The van der Waals surface area contributed by atoms with E-state index in [9.17, 15) is 0 Å². The molecular weight excluding hydrogens is 384 g/mol. The van der Waals surface area contributed by atoms with Crippen LogP contribution < -0.4 is 0 Å². The van der Waals surface area contributed by atoms with Crippen molar-refractivity contribution in [1.29, 1.82) is 0 Å². The molecule has 3 heterocycles. The molecule has 2 aromatic carbocycles. The fraction of sp³-hybridized carbons (Fsp3) is 0.182. The minimum absolute atomic E-state index is 0.301. The van der Waals surface area contributed by atoms with Crippen LogP contribution >= 0.6 is 11.6 Å². The summed E-state index contributed by atoms with van der Waals surface area (Å²) in [6, 6.07) is 14.3. The van der Waals surface area contributed by atoms with Crippen LogP contribution in [0.4, 0.5) is 0 Å². The van der Waals surface area contributed by atoms with E-state index < -0.39 is 0 Å². The summed E-state index contributed by atoms with van der Waals surface area (Å²) in [5.74, 6) is 1.80. The summed E-state index contributed by atoms with van der Waals surface area (Å²) in [6.07, 6.45) is 5.68. The second-order valence-corrected chi connectivity index (χ2v) is 8.06. The third-order valence-electron chi connectivity index (χ3n) is 5.73. The Balaban J connectivity index is 1.66. The molecule has 7 heteroatoms. The van der Waals surface area contributed by atoms with Crippen molar-refractivity contribution in [2.45, 2.75) is 25.3 Å². The number of hydrogen-bond acceptors (Lipinski definition) is 4. The molecule has 1 spiro atoms. The molecule has 0 unspecified atom stereocenters. The van der Waals surface area contributed by atoms with E-state index in [0.29, 0.717) is 5.02 Å². The third kappa shape index (κ3) is 2.49. The number of aromatic nitrogens is 5. The lowest BCUT2D eigenvalue weighted by atomic mass is 9.96. The predicted molar refractivity (Wildman–Crippen MR) is 112 cm³/mol. The van der Waals surface area contributed by atoms with Crippen LogP contribution in [0, 0.1) is 6.92 Å². The van der Waals surface area contributed by atoms with Crippen LogP contribution in [-0.2, 0) is 5.54 Å². The van der Waals surface area contributed by atoms with Gasteiger partial charge in [0.15, 0.2) is 5.82 Å². The quantitative estimate of drug-likeness (QED) is 0.540. The number of rotatable bonds is 2. The maximum Gasteiger partial charge on any atom is 0.165 e. The number of halogens is 1. The Morgan fingerprint density at radius 3 is 2.52 bits per heavy atom. The lowest BCUT2D eigenvalue weighted by Gasteiger charge is -2.14. The second kappa shape index (κ2) is 5.87. The van der Waals surface area contributed by atoms with Crippen LogP contribution in [-0.4, -0.2) is 30.7 Å². The number of aliphatic imine (C=N–C) groups is 1. The van der Waals surface area contributed by atoms with Crippen molar-refractivity contribution < 1.29 is 0 Å². The average molecular weight is 401 g/mol. The molecule has 0 atom stereocenters. The molecule has 1 N–H and O–H groups in total. The SMILES string of the molecule is Cc1nnc2n1-c1ccc(-c3cn[nH]c3)cc1C(c1ccc(Cl)cc1)=NC21CC1. The molecule has 0 radical (unpaired) electrons. The van der Waals surface area contributed by atoms with Gasteiger partial charge in [0.25, 0.3) is 0 Å². The van der Waals surface area contributed by atoms with Crippen molar-refractivity contribution in [3.05, 3.63) is 82.7 Å². The molecule has 1 aliphatic heterocycles. The zero-order valence-corrected chi connectivity index (χ0v) is 16.5. The van der Waals surface area contributed by atoms with Crippen molar-refractivity contribution in [1.82, 2.24) is 25.0 Å². The molecule has 0 bridgehead atoms. The average Bonchev–Trinajstić information content (AvgIpc) is 3.15. The fourth-order valence-electron chi connectivity index (χ4n) is 4.07. The molecule has 29 heavy (non-hydrogen) atoms. The van der Waals surface area contributed by atoms with Gasteiger partial charge in [0.1, 0.15) is 11.4 Å². The van der Waals surface area contributed by atoms with Crippen LogP contribution in [0.25, 0.3) is 16.8 Å². The highest BCUT2D eigenvalue weighted by atomic mass is 35.5. The van der Waals surface area contributed by atoms with E-state index in [0.717, 1.165) is 58.1 Å². The van der Waals surface area contributed by atoms with Crippen molar-refractivity contribution in [3.63, 3.8) is 0 Å². The smallest absolute Gasteiger partial charge is 0.165 e. The normalized spacial score (nSPS) is 16.1. The molecule has 2 aliphatic rings. The van der Waals surface area contributed by atoms with Gasteiger partial charge in [-0.1, -0.05) is 29.8 Å². The van der Waals surface area contributed by atoms with Gasteiger partial charge in [-0.15, -0.1) is 10.2 Å². The first kappa shape index (κ1) is 16.7. The first-order valence-electron chi connectivity index (χ1n) is 9.57. The Hall–Kier alpha value is -3.25. The molecule has 6 rings (SSSR count). The Morgan fingerprint density at radius 2 is 1.79 bits per heavy atom. The van der Waals surface area contributed by atoms with Crippen molar-refractivity contribution in [3.8, 4) is 16.8 Å². The van der Waals surface area contributed by atoms with Gasteiger partial charge in [-0.3, -0.25) is 14.7 Å². The van der Waals surface area contributed by atoms with E-state index in [-0.39, 0.29) is 5.54 Å². The van der Waals surface area contributed by atoms with Crippen molar-refractivity contribution in [2.75, 3.05) is 0 Å². The molecule has 1 saturated carbocycles. The molecule has 1 aliphatic carbocycles. The summed E-state index contributed by atoms with van der Waals surface area (Å²) < 4.78 is 2.16. The van der Waals surface area contributed by atoms with E-state index in [1.807, 2.05) is 43.6 Å². The third-order valence-corrected chi connectivity index (χ3v) is 5.98. The standard InChI is InChI=1S/C22H17ClN6/c1-13-27-28-21-22(8-9-22)26-20(14-2-5-17(23)6-3-14)18-10-15(16-11-24-25-12-16)4-7-19(18)29(13)21/h2-7,10-12H,8-9H2,1H3,(H,24,25). The van der Waals surface area contributed by atoms with Crippen LogP contribution in [0.2, 0.25) is 5.02 Å². The Morgan fingerprint density at radius 1 is 1.00 bits per heavy atom. The van der Waals surface area contributed by atoms with Crippen molar-refractivity contribution in [2.24, 2.45) is 4.99 Å². The zero-order chi connectivity index (χ0) is 19.6. The molecule has 0 amide bonds. The zero-order valence-electron chi connectivity index (χ0n) is 15.7. The second-order valence-electron chi connectivity index (χ2n) is 7.62. The molecule has 4 aromatic rings. The van der Waals surface area contributed by atoms with Gasteiger partial charge in [-0.05, 0) is 49.6 Å². The topological polar surface area (TPSA) is 71.8 Å². The Labute approximate surface area is 172 Å². The molecule has 6 nitrogen and oxygen atoms in total. The van der Waals surface area contributed by atoms with Gasteiger partial charge in [0.2, 0.25) is 0 Å². The minimum atomic E-state index is -0.301. The summed E-state index contributed by atoms with van der Waals surface area (Å²) in [7, 11) is 0. The maximum absolute atomic E-state index is 6.15. The number of H-pyrrole nitrogens is 1. The number of aryl methyl sites for hydroxylation is 1. The van der Waals surface area contributed by atoms with E-state index in [1.165, 1.54) is 0 Å². The maximum atomic E-state index is 6.15. The number of nitrogens with zero attached hydrogens (tertiary/aromatic N) is 5. The van der Waals surface area contributed by atoms with Gasteiger partial charge in [-0.25, -0.2) is 0 Å². The molecule has 0 saturated heterocycles. The molecule has 2 aromatic heterocycles. The Kier molecular flexibility index (Phi) is 3.38. The highest BCUT2D eigenvalue weighted by molar-refractivity contribution is 6.30. The number of nitrogens with one attached hydrogen (secondary N) is 1. The summed E-state index contributed by atoms with van der Waals surface area (Å²) >= 11 is 6.15. The molecule has 1 fully saturated rings. The lowest BCUT2D eigenvalue weighted by molar-refractivity contribution is 0.659. The first-order valence-corrected chi connectivity index (χ1v) is 9.95. The van der Waals surface area contributed by atoms with Crippen molar-refractivity contribution >= 4 is 17.3 Å². The Bertz CT molecular complexity index is 1260. The van der Waals surface area contributed by atoms with Gasteiger partial charge < -0.3 is 0 Å². The van der Waals surface area contributed by atoms with Crippen LogP contribution in [0.1, 0.15) is 35.6 Å². The number of aromatic amines is 1. The minimum Gasteiger partial charge on any atom is -0.285 e. The number of benzene rings is 2. The lowest BCUT2D eigenvalue weighted by Crippen LogP contribution is -2.11. The van der Waals surface area contributed by atoms with E-state index in [1.54, 1.807) is 0 Å². The van der Waals surface area contributed by atoms with Crippen LogP contribution in [0.15, 0.2) is 59.9 Å². The van der Waals surface area contributed by atoms with Crippen LogP contribution in [0.5, 0.6) is 0 Å². The summed E-state index contributed by atoms with van der Waals surface area (Å²) in [6.45, 7) is 1.99. The largest absolute Gasteiger partial charge is 0.285 e. The number of fused-ring (bicyclic) bond motifs is 4. The van der Waals surface area contributed by atoms with Crippen LogP contribution in [0.3, 0.4) is 0 Å².